The zero-order valence-corrected chi connectivity index (χ0v) is 12.2. The summed E-state index contributed by atoms with van der Waals surface area (Å²) in [7, 11) is 0. The van der Waals surface area contributed by atoms with E-state index in [1.54, 1.807) is 6.92 Å². The predicted octanol–water partition coefficient (Wildman–Crippen LogP) is 1.65. The molecule has 0 bridgehead atoms. The quantitative estimate of drug-likeness (QED) is 0.840. The summed E-state index contributed by atoms with van der Waals surface area (Å²) in [5.41, 5.74) is 1.42. The molecule has 6 nitrogen and oxygen atoms in total. The average molecular weight is 286 g/mol. The van der Waals surface area contributed by atoms with Gasteiger partial charge in [0.05, 0.1) is 0 Å². The molecule has 0 aromatic carbocycles. The van der Waals surface area contributed by atoms with Gasteiger partial charge < -0.3 is 14.2 Å². The molecule has 0 atom stereocenters. The molecule has 0 saturated carbocycles. The second-order valence-corrected chi connectivity index (χ2v) is 5.17. The van der Waals surface area contributed by atoms with Gasteiger partial charge in [0, 0.05) is 31.9 Å². The molecule has 0 N–H and O–H groups in total. The molecule has 1 fully saturated rings. The first-order valence-electron chi connectivity index (χ1n) is 7.03. The SMILES string of the molecule is Cc1cccc(N2CCN(C(=O)c3ncoc3C)CC2)n1. The van der Waals surface area contributed by atoms with Crippen molar-refractivity contribution in [3.8, 4) is 0 Å². The van der Waals surface area contributed by atoms with Crippen LogP contribution in [0.1, 0.15) is 21.9 Å². The Balaban J connectivity index is 1.65. The van der Waals surface area contributed by atoms with E-state index >= 15 is 0 Å². The third-order valence-electron chi connectivity index (χ3n) is 3.71. The Kier molecular flexibility index (Phi) is 3.60. The molecule has 6 heteroatoms. The van der Waals surface area contributed by atoms with E-state index in [1.807, 2.05) is 30.0 Å². The van der Waals surface area contributed by atoms with Crippen molar-refractivity contribution in [1.29, 1.82) is 0 Å². The van der Waals surface area contributed by atoms with Gasteiger partial charge in [0.1, 0.15) is 11.6 Å². The van der Waals surface area contributed by atoms with Crippen LogP contribution in [0.5, 0.6) is 0 Å². The first-order valence-corrected chi connectivity index (χ1v) is 7.03. The Morgan fingerprint density at radius 2 is 1.95 bits per heavy atom. The standard InChI is InChI=1S/C15H18N4O2/c1-11-4-3-5-13(17-11)18-6-8-19(9-7-18)15(20)14-12(2)21-10-16-14/h3-5,10H,6-9H2,1-2H3. The van der Waals surface area contributed by atoms with Gasteiger partial charge in [-0.15, -0.1) is 0 Å². The van der Waals surface area contributed by atoms with Crippen LogP contribution < -0.4 is 4.90 Å². The Labute approximate surface area is 123 Å². The second kappa shape index (κ2) is 5.55. The molecule has 21 heavy (non-hydrogen) atoms. The Hall–Kier alpha value is -2.37. The summed E-state index contributed by atoms with van der Waals surface area (Å²) in [4.78, 5) is 24.9. The van der Waals surface area contributed by atoms with Crippen LogP contribution in [0.25, 0.3) is 0 Å². The van der Waals surface area contributed by atoms with Crippen LogP contribution in [-0.4, -0.2) is 47.0 Å². The zero-order valence-electron chi connectivity index (χ0n) is 12.2. The molecular weight excluding hydrogens is 268 g/mol. The number of oxazole rings is 1. The van der Waals surface area contributed by atoms with Crippen LogP contribution in [0.15, 0.2) is 29.0 Å². The molecule has 0 unspecified atom stereocenters. The minimum absolute atomic E-state index is 0.0573. The lowest BCUT2D eigenvalue weighted by Crippen LogP contribution is -2.49. The number of aryl methyl sites for hydroxylation is 2. The maximum absolute atomic E-state index is 12.3. The van der Waals surface area contributed by atoms with Crippen molar-refractivity contribution in [3.63, 3.8) is 0 Å². The lowest BCUT2D eigenvalue weighted by Gasteiger charge is -2.35. The molecule has 3 heterocycles. The molecule has 1 aliphatic heterocycles. The number of amides is 1. The van der Waals surface area contributed by atoms with Crippen molar-refractivity contribution in [3.05, 3.63) is 41.7 Å². The first kappa shape index (κ1) is 13.6. The first-order chi connectivity index (χ1) is 10.1. The van der Waals surface area contributed by atoms with E-state index in [-0.39, 0.29) is 5.91 Å². The van der Waals surface area contributed by atoms with E-state index in [1.165, 1.54) is 6.39 Å². The molecule has 0 spiro atoms. The third-order valence-corrected chi connectivity index (χ3v) is 3.71. The second-order valence-electron chi connectivity index (χ2n) is 5.17. The Morgan fingerprint density at radius 3 is 2.57 bits per heavy atom. The number of piperazine rings is 1. The summed E-state index contributed by atoms with van der Waals surface area (Å²) in [5.74, 6) is 1.49. The number of hydrogen-bond donors (Lipinski definition) is 0. The summed E-state index contributed by atoms with van der Waals surface area (Å²) in [6.07, 6.45) is 1.31. The zero-order chi connectivity index (χ0) is 14.8. The minimum Gasteiger partial charge on any atom is -0.448 e. The summed E-state index contributed by atoms with van der Waals surface area (Å²) >= 11 is 0. The predicted molar refractivity (Wildman–Crippen MR) is 78.3 cm³/mol. The van der Waals surface area contributed by atoms with Crippen LogP contribution >= 0.6 is 0 Å². The molecule has 1 saturated heterocycles. The number of carbonyl (C=O) groups excluding carboxylic acids is 1. The maximum atomic E-state index is 12.3. The fourth-order valence-electron chi connectivity index (χ4n) is 2.50. The van der Waals surface area contributed by atoms with Gasteiger partial charge in [-0.25, -0.2) is 9.97 Å². The monoisotopic (exact) mass is 286 g/mol. The van der Waals surface area contributed by atoms with Crippen LogP contribution in [0.2, 0.25) is 0 Å². The molecule has 1 amide bonds. The molecule has 2 aromatic rings. The van der Waals surface area contributed by atoms with Gasteiger partial charge >= 0.3 is 0 Å². The molecule has 2 aromatic heterocycles. The van der Waals surface area contributed by atoms with Crippen LogP contribution in [0.3, 0.4) is 0 Å². The molecule has 0 radical (unpaired) electrons. The fraction of sp³-hybridized carbons (Fsp3) is 0.400. The highest BCUT2D eigenvalue weighted by molar-refractivity contribution is 5.93. The number of hydrogen-bond acceptors (Lipinski definition) is 5. The highest BCUT2D eigenvalue weighted by Crippen LogP contribution is 2.16. The van der Waals surface area contributed by atoms with Gasteiger partial charge in [-0.1, -0.05) is 6.07 Å². The smallest absolute Gasteiger partial charge is 0.276 e. The molecule has 1 aliphatic rings. The van der Waals surface area contributed by atoms with E-state index in [0.717, 1.165) is 24.6 Å². The molecular formula is C15H18N4O2. The third kappa shape index (κ3) is 2.74. The van der Waals surface area contributed by atoms with Crippen molar-refractivity contribution in [2.24, 2.45) is 0 Å². The van der Waals surface area contributed by atoms with Gasteiger partial charge in [0.15, 0.2) is 12.1 Å². The van der Waals surface area contributed by atoms with E-state index in [4.69, 9.17) is 4.42 Å². The number of carbonyl (C=O) groups is 1. The van der Waals surface area contributed by atoms with Gasteiger partial charge in [0.25, 0.3) is 5.91 Å². The summed E-state index contributed by atoms with van der Waals surface area (Å²) in [5, 5.41) is 0. The van der Waals surface area contributed by atoms with Crippen molar-refractivity contribution in [1.82, 2.24) is 14.9 Å². The van der Waals surface area contributed by atoms with Gasteiger partial charge in [0.2, 0.25) is 0 Å². The normalized spacial score (nSPS) is 15.3. The van der Waals surface area contributed by atoms with E-state index < -0.39 is 0 Å². The Morgan fingerprint density at radius 1 is 1.19 bits per heavy atom. The van der Waals surface area contributed by atoms with Gasteiger partial charge in [-0.3, -0.25) is 4.79 Å². The number of anilines is 1. The van der Waals surface area contributed by atoms with Crippen molar-refractivity contribution in [2.45, 2.75) is 13.8 Å². The van der Waals surface area contributed by atoms with Crippen LogP contribution in [-0.2, 0) is 0 Å². The van der Waals surface area contributed by atoms with E-state index in [9.17, 15) is 4.79 Å². The average Bonchev–Trinajstić information content (AvgIpc) is 2.93. The molecule has 3 rings (SSSR count). The lowest BCUT2D eigenvalue weighted by molar-refractivity contribution is 0.0739. The number of rotatable bonds is 2. The highest BCUT2D eigenvalue weighted by atomic mass is 16.3. The van der Waals surface area contributed by atoms with Crippen molar-refractivity contribution >= 4 is 11.7 Å². The van der Waals surface area contributed by atoms with Crippen molar-refractivity contribution < 1.29 is 9.21 Å². The highest BCUT2D eigenvalue weighted by Gasteiger charge is 2.25. The van der Waals surface area contributed by atoms with Gasteiger partial charge in [-0.2, -0.15) is 0 Å². The molecule has 110 valence electrons. The lowest BCUT2D eigenvalue weighted by atomic mass is 10.2. The van der Waals surface area contributed by atoms with Crippen LogP contribution in [0, 0.1) is 13.8 Å². The number of aromatic nitrogens is 2. The molecule has 0 aliphatic carbocycles. The Bertz CT molecular complexity index is 645. The fourth-order valence-corrected chi connectivity index (χ4v) is 2.50. The van der Waals surface area contributed by atoms with E-state index in [2.05, 4.69) is 14.9 Å². The minimum atomic E-state index is -0.0573. The maximum Gasteiger partial charge on any atom is 0.276 e. The summed E-state index contributed by atoms with van der Waals surface area (Å²) in [6, 6.07) is 6.00. The van der Waals surface area contributed by atoms with Gasteiger partial charge in [-0.05, 0) is 26.0 Å². The topological polar surface area (TPSA) is 62.5 Å². The number of pyridine rings is 1. The number of nitrogens with zero attached hydrogens (tertiary/aromatic N) is 4. The van der Waals surface area contributed by atoms with Crippen molar-refractivity contribution in [2.75, 3.05) is 31.1 Å². The summed E-state index contributed by atoms with van der Waals surface area (Å²) in [6.45, 7) is 6.63. The van der Waals surface area contributed by atoms with Crippen LogP contribution in [0.4, 0.5) is 5.82 Å². The summed E-state index contributed by atoms with van der Waals surface area (Å²) < 4.78 is 5.10. The largest absolute Gasteiger partial charge is 0.448 e. The van der Waals surface area contributed by atoms with E-state index in [0.29, 0.717) is 24.5 Å².